The number of tetrazole rings is 1. The van der Waals surface area contributed by atoms with Gasteiger partial charge in [-0.3, -0.25) is 4.79 Å². The van der Waals surface area contributed by atoms with Gasteiger partial charge in [-0.25, -0.2) is 0 Å². The Hall–Kier alpha value is -2.44. The highest BCUT2D eigenvalue weighted by molar-refractivity contribution is 5.81. The molecule has 0 saturated carbocycles. The lowest BCUT2D eigenvalue weighted by molar-refractivity contribution is -0.128. The SMILES string of the molecule is Cc1ccc2c(c1)CCC(C(=O)NCCn1ncnn1)O2. The van der Waals surface area contributed by atoms with Crippen LogP contribution in [0.25, 0.3) is 0 Å². The number of rotatable bonds is 4. The van der Waals surface area contributed by atoms with Crippen molar-refractivity contribution in [3.8, 4) is 5.75 Å². The third kappa shape index (κ3) is 3.18. The summed E-state index contributed by atoms with van der Waals surface area (Å²) < 4.78 is 5.77. The summed E-state index contributed by atoms with van der Waals surface area (Å²) in [5.41, 5.74) is 2.38. The molecule has 0 spiro atoms. The van der Waals surface area contributed by atoms with Gasteiger partial charge in [-0.05, 0) is 36.6 Å². The molecular weight excluding hydrogens is 270 g/mol. The highest BCUT2D eigenvalue weighted by Gasteiger charge is 2.25. The Kier molecular flexibility index (Phi) is 3.81. The van der Waals surface area contributed by atoms with Crippen LogP contribution in [-0.2, 0) is 17.8 Å². The van der Waals surface area contributed by atoms with Crippen LogP contribution in [0, 0.1) is 6.92 Å². The molecule has 0 radical (unpaired) electrons. The summed E-state index contributed by atoms with van der Waals surface area (Å²) in [6.07, 6.45) is 2.50. The summed E-state index contributed by atoms with van der Waals surface area (Å²) in [7, 11) is 0. The average molecular weight is 287 g/mol. The van der Waals surface area contributed by atoms with E-state index in [0.29, 0.717) is 19.5 Å². The Balaban J connectivity index is 1.53. The van der Waals surface area contributed by atoms with Crippen molar-refractivity contribution in [1.82, 2.24) is 25.5 Å². The molecule has 0 saturated heterocycles. The fourth-order valence-electron chi connectivity index (χ4n) is 2.39. The third-order valence-electron chi connectivity index (χ3n) is 3.46. The van der Waals surface area contributed by atoms with Crippen LogP contribution in [0.4, 0.5) is 0 Å². The van der Waals surface area contributed by atoms with Crippen LogP contribution in [0.2, 0.25) is 0 Å². The van der Waals surface area contributed by atoms with Crippen molar-refractivity contribution >= 4 is 5.91 Å². The largest absolute Gasteiger partial charge is 0.480 e. The number of amides is 1. The van der Waals surface area contributed by atoms with E-state index >= 15 is 0 Å². The minimum absolute atomic E-state index is 0.0960. The first-order valence-corrected chi connectivity index (χ1v) is 6.97. The number of nitrogens with zero attached hydrogens (tertiary/aromatic N) is 4. The molecule has 7 nitrogen and oxygen atoms in total. The lowest BCUT2D eigenvalue weighted by atomic mass is 10.00. The standard InChI is InChI=1S/C14H17N5O2/c1-10-2-4-12-11(8-10)3-5-13(21-12)14(20)15-6-7-19-17-9-16-18-19/h2,4,8-9,13H,3,5-7H2,1H3,(H,15,20). The quantitative estimate of drug-likeness (QED) is 0.885. The number of ether oxygens (including phenoxy) is 1. The summed E-state index contributed by atoms with van der Waals surface area (Å²) >= 11 is 0. The summed E-state index contributed by atoms with van der Waals surface area (Å²) in [5.74, 6) is 0.714. The van der Waals surface area contributed by atoms with Crippen molar-refractivity contribution < 1.29 is 9.53 Å². The van der Waals surface area contributed by atoms with E-state index in [2.05, 4.69) is 33.7 Å². The number of fused-ring (bicyclic) bond motifs is 1. The molecule has 1 aromatic heterocycles. The molecule has 2 heterocycles. The molecule has 110 valence electrons. The van der Waals surface area contributed by atoms with Crippen molar-refractivity contribution in [3.63, 3.8) is 0 Å². The second-order valence-corrected chi connectivity index (χ2v) is 5.08. The van der Waals surface area contributed by atoms with Gasteiger partial charge in [-0.15, -0.1) is 10.2 Å². The predicted octanol–water partition coefficient (Wildman–Crippen LogP) is 0.492. The maximum absolute atomic E-state index is 12.1. The van der Waals surface area contributed by atoms with Crippen LogP contribution in [0.5, 0.6) is 5.75 Å². The van der Waals surface area contributed by atoms with E-state index in [4.69, 9.17) is 4.74 Å². The number of carbonyl (C=O) groups excluding carboxylic acids is 1. The lowest BCUT2D eigenvalue weighted by Gasteiger charge is -2.25. The predicted molar refractivity (Wildman–Crippen MR) is 74.7 cm³/mol. The van der Waals surface area contributed by atoms with Crippen molar-refractivity contribution in [1.29, 1.82) is 0 Å². The van der Waals surface area contributed by atoms with Gasteiger partial charge in [0.15, 0.2) is 12.4 Å². The van der Waals surface area contributed by atoms with Gasteiger partial charge >= 0.3 is 0 Å². The molecule has 0 fully saturated rings. The zero-order valence-electron chi connectivity index (χ0n) is 11.8. The van der Waals surface area contributed by atoms with Gasteiger partial charge in [0, 0.05) is 6.54 Å². The lowest BCUT2D eigenvalue weighted by Crippen LogP contribution is -2.41. The molecule has 0 aliphatic carbocycles. The molecule has 3 rings (SSSR count). The second-order valence-electron chi connectivity index (χ2n) is 5.08. The molecule has 1 amide bonds. The van der Waals surface area contributed by atoms with Crippen molar-refractivity contribution in [2.45, 2.75) is 32.4 Å². The number of nitrogens with one attached hydrogen (secondary N) is 1. The van der Waals surface area contributed by atoms with E-state index < -0.39 is 6.10 Å². The Morgan fingerprint density at radius 3 is 3.24 bits per heavy atom. The van der Waals surface area contributed by atoms with Gasteiger partial charge in [-0.2, -0.15) is 4.80 Å². The molecule has 1 aliphatic rings. The Morgan fingerprint density at radius 2 is 2.43 bits per heavy atom. The Labute approximate surface area is 122 Å². The van der Waals surface area contributed by atoms with Crippen LogP contribution < -0.4 is 10.1 Å². The summed E-state index contributed by atoms with van der Waals surface area (Å²) in [5, 5.41) is 14.1. The smallest absolute Gasteiger partial charge is 0.261 e. The molecule has 1 aliphatic heterocycles. The summed E-state index contributed by atoms with van der Waals surface area (Å²) in [6.45, 7) is 3.00. The Bertz CT molecular complexity index is 626. The summed E-state index contributed by atoms with van der Waals surface area (Å²) in [6, 6.07) is 6.04. The first kappa shape index (κ1) is 13.5. The maximum atomic E-state index is 12.1. The molecule has 7 heteroatoms. The number of hydrogen-bond donors (Lipinski definition) is 1. The minimum Gasteiger partial charge on any atom is -0.480 e. The average Bonchev–Trinajstić information content (AvgIpc) is 3.00. The zero-order chi connectivity index (χ0) is 14.7. The molecule has 1 N–H and O–H groups in total. The first-order chi connectivity index (χ1) is 10.2. The maximum Gasteiger partial charge on any atom is 0.261 e. The van der Waals surface area contributed by atoms with Gasteiger partial charge in [0.1, 0.15) is 5.75 Å². The molecule has 1 atom stereocenters. The normalized spacial score (nSPS) is 16.9. The van der Waals surface area contributed by atoms with Crippen LogP contribution in [0.1, 0.15) is 17.5 Å². The van der Waals surface area contributed by atoms with Crippen molar-refractivity contribution in [2.24, 2.45) is 0 Å². The number of carbonyl (C=O) groups is 1. The van der Waals surface area contributed by atoms with Gasteiger partial charge in [-0.1, -0.05) is 17.7 Å². The van der Waals surface area contributed by atoms with Gasteiger partial charge in [0.25, 0.3) is 5.91 Å². The number of aryl methyl sites for hydroxylation is 2. The van der Waals surface area contributed by atoms with Crippen LogP contribution in [-0.4, -0.2) is 38.8 Å². The van der Waals surface area contributed by atoms with E-state index in [1.807, 2.05) is 12.1 Å². The monoisotopic (exact) mass is 287 g/mol. The van der Waals surface area contributed by atoms with E-state index in [0.717, 1.165) is 12.2 Å². The molecule has 2 aromatic rings. The topological polar surface area (TPSA) is 81.9 Å². The second kappa shape index (κ2) is 5.90. The van der Waals surface area contributed by atoms with E-state index in [1.54, 1.807) is 0 Å². The number of hydrogen-bond acceptors (Lipinski definition) is 5. The molecule has 21 heavy (non-hydrogen) atoms. The molecule has 1 aromatic carbocycles. The highest BCUT2D eigenvalue weighted by atomic mass is 16.5. The van der Waals surface area contributed by atoms with Gasteiger partial charge in [0.05, 0.1) is 6.54 Å². The van der Waals surface area contributed by atoms with Crippen LogP contribution in [0.3, 0.4) is 0 Å². The molecule has 1 unspecified atom stereocenters. The van der Waals surface area contributed by atoms with E-state index in [-0.39, 0.29) is 5.91 Å². The van der Waals surface area contributed by atoms with Crippen molar-refractivity contribution in [2.75, 3.05) is 6.54 Å². The summed E-state index contributed by atoms with van der Waals surface area (Å²) in [4.78, 5) is 13.5. The van der Waals surface area contributed by atoms with Crippen LogP contribution in [0.15, 0.2) is 24.5 Å². The molecular formula is C14H17N5O2. The molecule has 0 bridgehead atoms. The minimum atomic E-state index is -0.427. The highest BCUT2D eigenvalue weighted by Crippen LogP contribution is 2.28. The number of benzene rings is 1. The Morgan fingerprint density at radius 1 is 1.52 bits per heavy atom. The van der Waals surface area contributed by atoms with E-state index in [1.165, 1.54) is 22.3 Å². The fourth-order valence-corrected chi connectivity index (χ4v) is 2.39. The zero-order valence-corrected chi connectivity index (χ0v) is 11.8. The van der Waals surface area contributed by atoms with Crippen molar-refractivity contribution in [3.05, 3.63) is 35.7 Å². The third-order valence-corrected chi connectivity index (χ3v) is 3.46. The fraction of sp³-hybridized carbons (Fsp3) is 0.429. The van der Waals surface area contributed by atoms with Gasteiger partial charge < -0.3 is 10.1 Å². The van der Waals surface area contributed by atoms with Gasteiger partial charge in [0.2, 0.25) is 0 Å². The number of aromatic nitrogens is 4. The van der Waals surface area contributed by atoms with Crippen LogP contribution >= 0.6 is 0 Å². The first-order valence-electron chi connectivity index (χ1n) is 6.97. The van der Waals surface area contributed by atoms with E-state index in [9.17, 15) is 4.79 Å².